The van der Waals surface area contributed by atoms with Crippen molar-refractivity contribution in [1.82, 2.24) is 20.2 Å². The van der Waals surface area contributed by atoms with Crippen LogP contribution in [0, 0.1) is 0 Å². The number of hydrogen-bond donors (Lipinski definition) is 3. The average molecular weight is 432 g/mol. The van der Waals surface area contributed by atoms with Gasteiger partial charge in [-0.05, 0) is 63.5 Å². The number of aromatic amines is 2. The molecule has 6 nitrogen and oxygen atoms in total. The number of carbonyl (C=O) groups excluding carboxylic acids is 1. The summed E-state index contributed by atoms with van der Waals surface area (Å²) in [5, 5.41) is 12.1. The highest BCUT2D eigenvalue weighted by Gasteiger charge is 2.15. The predicted octanol–water partition coefficient (Wildman–Crippen LogP) is 5.12. The molecule has 3 aromatic heterocycles. The number of rotatable bonds is 3. The van der Waals surface area contributed by atoms with Crippen LogP contribution >= 0.6 is 15.9 Å². The molecule has 0 bridgehead atoms. The maximum atomic E-state index is 12.8. The van der Waals surface area contributed by atoms with Crippen LogP contribution in [0.5, 0.6) is 0 Å². The molecule has 0 saturated carbocycles. The van der Waals surface area contributed by atoms with Crippen LogP contribution in [0.3, 0.4) is 0 Å². The van der Waals surface area contributed by atoms with Crippen LogP contribution in [0.25, 0.3) is 32.9 Å². The van der Waals surface area contributed by atoms with Crippen molar-refractivity contribution in [3.05, 3.63) is 77.3 Å². The van der Waals surface area contributed by atoms with Crippen molar-refractivity contribution < 1.29 is 4.79 Å². The van der Waals surface area contributed by atoms with E-state index in [9.17, 15) is 4.79 Å². The molecule has 0 aliphatic carbocycles. The molecule has 5 aromatic rings. The molecule has 0 unspecified atom stereocenters. The fourth-order valence-electron chi connectivity index (χ4n) is 3.38. The van der Waals surface area contributed by atoms with Crippen LogP contribution in [0.4, 0.5) is 5.69 Å². The minimum absolute atomic E-state index is 0.285. The van der Waals surface area contributed by atoms with Crippen molar-refractivity contribution in [3.8, 4) is 11.1 Å². The molecule has 2 aromatic carbocycles. The molecule has 0 spiro atoms. The number of nitrogens with one attached hydrogen (secondary N) is 3. The first kappa shape index (κ1) is 16.7. The van der Waals surface area contributed by atoms with Gasteiger partial charge in [0.1, 0.15) is 5.69 Å². The number of nitrogens with zero attached hydrogens (tertiary/aromatic N) is 2. The van der Waals surface area contributed by atoms with E-state index in [4.69, 9.17) is 0 Å². The highest BCUT2D eigenvalue weighted by Crippen LogP contribution is 2.34. The van der Waals surface area contributed by atoms with Crippen molar-refractivity contribution in [2.24, 2.45) is 0 Å². The Hall–Kier alpha value is -3.45. The van der Waals surface area contributed by atoms with Gasteiger partial charge in [0.25, 0.3) is 5.91 Å². The van der Waals surface area contributed by atoms with E-state index in [0.29, 0.717) is 15.9 Å². The van der Waals surface area contributed by atoms with Crippen LogP contribution < -0.4 is 5.32 Å². The molecule has 1 amide bonds. The normalized spacial score (nSPS) is 11.2. The minimum Gasteiger partial charge on any atom is -0.361 e. The van der Waals surface area contributed by atoms with E-state index in [-0.39, 0.29) is 5.91 Å². The summed E-state index contributed by atoms with van der Waals surface area (Å²) >= 11 is 3.38. The lowest BCUT2D eigenvalue weighted by atomic mass is 9.99. The SMILES string of the molecule is O=C(Nc1cc(-c2cccc3[nH]ccc23)cc2[nH]ncc12)c1ncccc1Br. The number of benzene rings is 2. The molecule has 136 valence electrons. The molecule has 0 radical (unpaired) electrons. The van der Waals surface area contributed by atoms with Crippen LogP contribution in [-0.2, 0) is 0 Å². The number of pyridine rings is 1. The average Bonchev–Trinajstić information content (AvgIpc) is 3.37. The van der Waals surface area contributed by atoms with Gasteiger partial charge in [0, 0.05) is 33.2 Å². The summed E-state index contributed by atoms with van der Waals surface area (Å²) in [7, 11) is 0. The Morgan fingerprint density at radius 3 is 2.86 bits per heavy atom. The monoisotopic (exact) mass is 431 g/mol. The lowest BCUT2D eigenvalue weighted by Gasteiger charge is -2.11. The van der Waals surface area contributed by atoms with Gasteiger partial charge in [-0.25, -0.2) is 4.98 Å². The summed E-state index contributed by atoms with van der Waals surface area (Å²) in [6.07, 6.45) is 5.22. The topological polar surface area (TPSA) is 86.5 Å². The third-order valence-electron chi connectivity index (χ3n) is 4.69. The predicted molar refractivity (Wildman–Crippen MR) is 113 cm³/mol. The summed E-state index contributed by atoms with van der Waals surface area (Å²) in [6, 6.07) is 15.7. The Bertz CT molecular complexity index is 1340. The van der Waals surface area contributed by atoms with Crippen molar-refractivity contribution >= 4 is 49.3 Å². The summed E-state index contributed by atoms with van der Waals surface area (Å²) in [6.45, 7) is 0. The minimum atomic E-state index is -0.285. The molecule has 3 heterocycles. The molecule has 0 atom stereocenters. The third kappa shape index (κ3) is 2.76. The zero-order valence-electron chi connectivity index (χ0n) is 14.5. The fourth-order valence-corrected chi connectivity index (χ4v) is 3.82. The van der Waals surface area contributed by atoms with Gasteiger partial charge in [0.2, 0.25) is 0 Å². The second kappa shape index (κ2) is 6.61. The maximum Gasteiger partial charge on any atom is 0.275 e. The second-order valence-corrected chi connectivity index (χ2v) is 7.24. The second-order valence-electron chi connectivity index (χ2n) is 6.39. The van der Waals surface area contributed by atoms with E-state index in [0.717, 1.165) is 32.9 Å². The molecule has 5 rings (SSSR count). The maximum absolute atomic E-state index is 12.8. The Balaban J connectivity index is 1.63. The first-order chi connectivity index (χ1) is 13.7. The largest absolute Gasteiger partial charge is 0.361 e. The first-order valence-corrected chi connectivity index (χ1v) is 9.45. The zero-order valence-corrected chi connectivity index (χ0v) is 16.1. The van der Waals surface area contributed by atoms with Crippen molar-refractivity contribution in [1.29, 1.82) is 0 Å². The van der Waals surface area contributed by atoms with Crippen molar-refractivity contribution in [3.63, 3.8) is 0 Å². The van der Waals surface area contributed by atoms with E-state index < -0.39 is 0 Å². The molecule has 3 N–H and O–H groups in total. The summed E-state index contributed by atoms with van der Waals surface area (Å²) in [4.78, 5) is 20.2. The standard InChI is InChI=1S/C21H14BrN5O/c22-16-4-2-7-24-20(16)21(28)26-18-9-12(10-19-15(18)11-25-27-19)13-3-1-5-17-14(13)6-8-23-17/h1-11,23H,(H,25,27)(H,26,28). The number of carbonyl (C=O) groups is 1. The molecule has 0 fully saturated rings. The molecule has 7 heteroatoms. The highest BCUT2D eigenvalue weighted by atomic mass is 79.9. The lowest BCUT2D eigenvalue weighted by Crippen LogP contribution is -2.14. The van der Waals surface area contributed by atoms with Crippen LogP contribution in [0.2, 0.25) is 0 Å². The van der Waals surface area contributed by atoms with Gasteiger partial charge in [-0.1, -0.05) is 12.1 Å². The van der Waals surface area contributed by atoms with Gasteiger partial charge in [-0.2, -0.15) is 5.10 Å². The molecule has 0 aliphatic heterocycles. The van der Waals surface area contributed by atoms with Gasteiger partial charge >= 0.3 is 0 Å². The van der Waals surface area contributed by atoms with Gasteiger partial charge in [0.15, 0.2) is 0 Å². The fraction of sp³-hybridized carbons (Fsp3) is 0. The van der Waals surface area contributed by atoms with E-state index in [1.54, 1.807) is 24.5 Å². The number of amides is 1. The number of halogens is 1. The molecule has 0 aliphatic rings. The van der Waals surface area contributed by atoms with Crippen LogP contribution in [0.15, 0.2) is 71.6 Å². The first-order valence-electron chi connectivity index (χ1n) is 8.66. The van der Waals surface area contributed by atoms with Crippen LogP contribution in [-0.4, -0.2) is 26.1 Å². The number of anilines is 1. The molecule has 28 heavy (non-hydrogen) atoms. The number of fused-ring (bicyclic) bond motifs is 2. The number of H-pyrrole nitrogens is 2. The molecular weight excluding hydrogens is 418 g/mol. The Kier molecular flexibility index (Phi) is 3.95. The van der Waals surface area contributed by atoms with E-state index >= 15 is 0 Å². The lowest BCUT2D eigenvalue weighted by molar-refractivity contribution is 0.102. The van der Waals surface area contributed by atoms with E-state index in [2.05, 4.69) is 47.5 Å². The summed E-state index contributed by atoms with van der Waals surface area (Å²) in [5.74, 6) is -0.285. The molecular formula is C21H14BrN5O. The quantitative estimate of drug-likeness (QED) is 0.370. The van der Waals surface area contributed by atoms with Crippen molar-refractivity contribution in [2.75, 3.05) is 5.32 Å². The Labute approximate surface area is 168 Å². The van der Waals surface area contributed by atoms with Crippen LogP contribution in [0.1, 0.15) is 10.5 Å². The highest BCUT2D eigenvalue weighted by molar-refractivity contribution is 9.10. The van der Waals surface area contributed by atoms with Gasteiger partial charge in [0.05, 0.1) is 17.4 Å². The summed E-state index contributed by atoms with van der Waals surface area (Å²) < 4.78 is 0.643. The van der Waals surface area contributed by atoms with Gasteiger partial charge in [-0.15, -0.1) is 0 Å². The summed E-state index contributed by atoms with van der Waals surface area (Å²) in [5.41, 5.74) is 4.97. The number of hydrogen-bond acceptors (Lipinski definition) is 3. The smallest absolute Gasteiger partial charge is 0.275 e. The third-order valence-corrected chi connectivity index (χ3v) is 5.33. The molecule has 0 saturated heterocycles. The van der Waals surface area contributed by atoms with Gasteiger partial charge in [-0.3, -0.25) is 9.89 Å². The number of aromatic nitrogens is 4. The van der Waals surface area contributed by atoms with Gasteiger partial charge < -0.3 is 10.3 Å². The van der Waals surface area contributed by atoms with Crippen molar-refractivity contribution in [2.45, 2.75) is 0 Å². The Morgan fingerprint density at radius 1 is 1.04 bits per heavy atom. The Morgan fingerprint density at radius 2 is 1.96 bits per heavy atom. The zero-order chi connectivity index (χ0) is 19.1. The van der Waals surface area contributed by atoms with E-state index in [1.165, 1.54) is 0 Å². The van der Waals surface area contributed by atoms with E-state index in [1.807, 2.05) is 36.5 Å².